The van der Waals surface area contributed by atoms with Crippen LogP contribution in [0.3, 0.4) is 0 Å². The molecule has 214 valence electrons. The molecule has 0 heterocycles. The van der Waals surface area contributed by atoms with Crippen molar-refractivity contribution >= 4 is 39.6 Å². The fourth-order valence-corrected chi connectivity index (χ4v) is 10.4. The number of ether oxygens (including phenoxy) is 3. The van der Waals surface area contributed by atoms with Crippen molar-refractivity contribution in [3.05, 3.63) is 0 Å². The molecular formula is C30H45BrO7. The first kappa shape index (κ1) is 29.5. The van der Waals surface area contributed by atoms with E-state index in [9.17, 15) is 19.2 Å². The van der Waals surface area contributed by atoms with E-state index < -0.39 is 0 Å². The minimum Gasteiger partial charge on any atom is -0.466 e. The molecule has 8 heteroatoms. The van der Waals surface area contributed by atoms with Gasteiger partial charge in [0, 0.05) is 31.6 Å². The van der Waals surface area contributed by atoms with Gasteiger partial charge in [-0.05, 0) is 86.9 Å². The molecule has 11 atom stereocenters. The quantitative estimate of drug-likeness (QED) is 0.213. The Kier molecular flexibility index (Phi) is 8.71. The molecule has 38 heavy (non-hydrogen) atoms. The zero-order valence-corrected chi connectivity index (χ0v) is 25.4. The SMILES string of the molecule is CCOC(=O)CC[C@H](C)[C@H]1CC[C@@H]2[C@@H]3C(=O)[C@H](Br)[C@@H]4C[C@H](OC(C)=O)CC[C@]4(C)[C@@H]3C[C@H](OC(C)=O)[C@@]21C. The standard InChI is InChI=1S/C30H45BrO7/c1-7-36-25(34)11-8-16(2)20-9-10-21-26-22(15-24(30(20,21)6)38-18(4)33)29(5)13-12-19(37-17(3)32)14-23(29)27(31)28(26)35/h16,19-24,26-27H,7-15H2,1-6H3/t16-,19+,20+,21+,22+,23-,24-,26-,27+,29+,30+/m0/s1. The molecule has 0 unspecified atom stereocenters. The summed E-state index contributed by atoms with van der Waals surface area (Å²) >= 11 is 3.83. The van der Waals surface area contributed by atoms with Gasteiger partial charge in [0.05, 0.1) is 11.4 Å². The minimum absolute atomic E-state index is 0.0670. The normalized spacial score (nSPS) is 42.8. The van der Waals surface area contributed by atoms with Gasteiger partial charge < -0.3 is 14.2 Å². The summed E-state index contributed by atoms with van der Waals surface area (Å²) in [5.74, 6) is 0.235. The summed E-state index contributed by atoms with van der Waals surface area (Å²) in [7, 11) is 0. The Morgan fingerprint density at radius 2 is 1.68 bits per heavy atom. The van der Waals surface area contributed by atoms with Crippen molar-refractivity contribution in [1.82, 2.24) is 0 Å². The number of alkyl halides is 1. The van der Waals surface area contributed by atoms with Gasteiger partial charge in [-0.25, -0.2) is 0 Å². The number of ketones is 1. The minimum atomic E-state index is -0.332. The van der Waals surface area contributed by atoms with Crippen molar-refractivity contribution < 1.29 is 33.4 Å². The average Bonchev–Trinajstić information content (AvgIpc) is 3.20. The predicted octanol–water partition coefficient (Wildman–Crippen LogP) is 5.65. The van der Waals surface area contributed by atoms with Gasteiger partial charge in [0.25, 0.3) is 0 Å². The van der Waals surface area contributed by atoms with E-state index in [1.54, 1.807) is 0 Å². The van der Waals surface area contributed by atoms with Gasteiger partial charge in [-0.15, -0.1) is 0 Å². The third-order valence-corrected chi connectivity index (χ3v) is 12.1. The van der Waals surface area contributed by atoms with Crippen molar-refractivity contribution in [2.75, 3.05) is 6.61 Å². The van der Waals surface area contributed by atoms with Crippen molar-refractivity contribution in [1.29, 1.82) is 0 Å². The zero-order chi connectivity index (χ0) is 28.0. The van der Waals surface area contributed by atoms with Crippen LogP contribution in [0.25, 0.3) is 0 Å². The number of halogens is 1. The van der Waals surface area contributed by atoms with Gasteiger partial charge in [0.2, 0.25) is 0 Å². The third kappa shape index (κ3) is 5.08. The molecule has 0 radical (unpaired) electrons. The lowest BCUT2D eigenvalue weighted by molar-refractivity contribution is -0.196. The highest BCUT2D eigenvalue weighted by Gasteiger charge is 2.68. The fourth-order valence-electron chi connectivity index (χ4n) is 9.31. The number of hydrogen-bond donors (Lipinski definition) is 0. The Morgan fingerprint density at radius 3 is 2.32 bits per heavy atom. The van der Waals surface area contributed by atoms with Gasteiger partial charge in [-0.2, -0.15) is 0 Å². The van der Waals surface area contributed by atoms with Crippen LogP contribution in [0, 0.1) is 46.3 Å². The smallest absolute Gasteiger partial charge is 0.305 e. The molecule has 4 aliphatic carbocycles. The Morgan fingerprint density at radius 1 is 1.00 bits per heavy atom. The van der Waals surface area contributed by atoms with Crippen LogP contribution in [0.5, 0.6) is 0 Å². The Labute approximate surface area is 235 Å². The van der Waals surface area contributed by atoms with Gasteiger partial charge in [0.15, 0.2) is 0 Å². The van der Waals surface area contributed by atoms with Crippen molar-refractivity contribution in [3.8, 4) is 0 Å². The molecule has 4 saturated carbocycles. The first-order valence-corrected chi connectivity index (χ1v) is 15.4. The molecule has 0 aromatic heterocycles. The molecule has 4 rings (SSSR count). The number of carbonyl (C=O) groups is 4. The summed E-state index contributed by atoms with van der Waals surface area (Å²) in [6.45, 7) is 11.9. The number of esters is 3. The van der Waals surface area contributed by atoms with E-state index in [1.165, 1.54) is 13.8 Å². The van der Waals surface area contributed by atoms with Crippen LogP contribution in [0.1, 0.15) is 92.9 Å². The first-order valence-electron chi connectivity index (χ1n) is 14.5. The molecule has 0 aromatic carbocycles. The highest BCUT2D eigenvalue weighted by atomic mass is 79.9. The second-order valence-corrected chi connectivity index (χ2v) is 13.9. The van der Waals surface area contributed by atoms with Crippen LogP contribution in [-0.2, 0) is 33.4 Å². The van der Waals surface area contributed by atoms with Gasteiger partial charge >= 0.3 is 17.9 Å². The largest absolute Gasteiger partial charge is 0.466 e. The molecule has 0 aliphatic heterocycles. The van der Waals surface area contributed by atoms with Crippen molar-refractivity contribution in [2.45, 2.75) is 110 Å². The molecule has 0 bridgehead atoms. The molecule has 7 nitrogen and oxygen atoms in total. The zero-order valence-electron chi connectivity index (χ0n) is 23.8. The molecule has 0 saturated heterocycles. The van der Waals surface area contributed by atoms with Crippen LogP contribution < -0.4 is 0 Å². The molecule has 4 fully saturated rings. The van der Waals surface area contributed by atoms with E-state index in [4.69, 9.17) is 14.2 Å². The van der Waals surface area contributed by atoms with Crippen LogP contribution in [0.2, 0.25) is 0 Å². The first-order chi connectivity index (χ1) is 17.8. The van der Waals surface area contributed by atoms with Crippen molar-refractivity contribution in [3.63, 3.8) is 0 Å². The molecule has 0 spiro atoms. The summed E-state index contributed by atoms with van der Waals surface area (Å²) in [6.07, 6.45) is 5.56. The van der Waals surface area contributed by atoms with Gasteiger partial charge in [-0.3, -0.25) is 19.2 Å². The van der Waals surface area contributed by atoms with E-state index >= 15 is 0 Å². The molecule has 0 N–H and O–H groups in total. The monoisotopic (exact) mass is 596 g/mol. The lowest BCUT2D eigenvalue weighted by Gasteiger charge is -2.63. The van der Waals surface area contributed by atoms with Crippen LogP contribution >= 0.6 is 15.9 Å². The highest BCUT2D eigenvalue weighted by molar-refractivity contribution is 9.10. The van der Waals surface area contributed by atoms with E-state index in [2.05, 4.69) is 36.7 Å². The number of carbonyl (C=O) groups excluding carboxylic acids is 4. The maximum Gasteiger partial charge on any atom is 0.305 e. The summed E-state index contributed by atoms with van der Waals surface area (Å²) in [5, 5.41) is 0. The number of Topliss-reactive ketones (excluding diaryl/α,β-unsaturated/α-hetero) is 1. The summed E-state index contributed by atoms with van der Waals surface area (Å²) in [4.78, 5) is 50.0. The Hall–Kier alpha value is -1.44. The second-order valence-electron chi connectivity index (χ2n) is 12.9. The fraction of sp³-hybridized carbons (Fsp3) is 0.867. The van der Waals surface area contributed by atoms with E-state index in [-0.39, 0.29) is 87.1 Å². The maximum atomic E-state index is 14.1. The van der Waals surface area contributed by atoms with E-state index in [1.807, 2.05) is 6.92 Å². The second kappa shape index (κ2) is 11.2. The number of rotatable bonds is 7. The number of fused-ring (bicyclic) bond motifs is 5. The highest BCUT2D eigenvalue weighted by Crippen LogP contribution is 2.68. The van der Waals surface area contributed by atoms with Crippen LogP contribution in [0.15, 0.2) is 0 Å². The van der Waals surface area contributed by atoms with Gasteiger partial charge in [-0.1, -0.05) is 36.7 Å². The van der Waals surface area contributed by atoms with Crippen LogP contribution in [0.4, 0.5) is 0 Å². The molecule has 0 aromatic rings. The Bertz CT molecular complexity index is 951. The van der Waals surface area contributed by atoms with E-state index in [0.717, 1.165) is 32.1 Å². The summed E-state index contributed by atoms with van der Waals surface area (Å²) in [5.41, 5.74) is -0.446. The summed E-state index contributed by atoms with van der Waals surface area (Å²) < 4.78 is 16.9. The molecular weight excluding hydrogens is 552 g/mol. The molecule has 4 aliphatic rings. The maximum absolute atomic E-state index is 14.1. The average molecular weight is 598 g/mol. The summed E-state index contributed by atoms with van der Waals surface area (Å²) in [6, 6.07) is 0. The van der Waals surface area contributed by atoms with Crippen molar-refractivity contribution in [2.24, 2.45) is 46.3 Å². The lowest BCUT2D eigenvalue weighted by Crippen LogP contribution is -2.64. The van der Waals surface area contributed by atoms with Crippen LogP contribution in [-0.4, -0.2) is 47.3 Å². The third-order valence-electron chi connectivity index (χ3n) is 11.0. The Balaban J connectivity index is 1.64. The van der Waals surface area contributed by atoms with Gasteiger partial charge in [0.1, 0.15) is 18.0 Å². The number of hydrogen-bond acceptors (Lipinski definition) is 7. The topological polar surface area (TPSA) is 96.0 Å². The van der Waals surface area contributed by atoms with E-state index in [0.29, 0.717) is 25.9 Å². The molecule has 0 amide bonds. The lowest BCUT2D eigenvalue weighted by atomic mass is 9.43. The predicted molar refractivity (Wildman–Crippen MR) is 145 cm³/mol.